The van der Waals surface area contributed by atoms with Gasteiger partial charge in [-0.15, -0.1) is 0 Å². The van der Waals surface area contributed by atoms with Gasteiger partial charge in [0.05, 0.1) is 25.4 Å². The van der Waals surface area contributed by atoms with E-state index in [2.05, 4.69) is 23.9 Å². The number of carbonyl (C=O) groups excluding carboxylic acids is 1. The van der Waals surface area contributed by atoms with E-state index in [1.165, 1.54) is 27.9 Å². The minimum atomic E-state index is -0.462. The first-order valence-electron chi connectivity index (χ1n) is 12.9. The fourth-order valence-corrected chi connectivity index (χ4v) is 4.64. The monoisotopic (exact) mass is 550 g/mol. The second-order valence-electron chi connectivity index (χ2n) is 9.31. The van der Waals surface area contributed by atoms with Crippen LogP contribution in [0.3, 0.4) is 0 Å². The molecule has 39 heavy (non-hydrogen) atoms. The molecule has 0 atom stereocenters. The van der Waals surface area contributed by atoms with Crippen LogP contribution in [0.1, 0.15) is 37.5 Å². The predicted octanol–water partition coefficient (Wildman–Crippen LogP) is 5.45. The molecule has 0 radical (unpaired) electrons. The van der Waals surface area contributed by atoms with E-state index in [1.807, 2.05) is 45.0 Å². The van der Waals surface area contributed by atoms with Crippen molar-refractivity contribution in [3.63, 3.8) is 0 Å². The molecular weight excluding hydrogens is 516 g/mol. The van der Waals surface area contributed by atoms with Gasteiger partial charge < -0.3 is 18.9 Å². The smallest absolute Gasteiger partial charge is 0.283 e. The molecule has 2 aromatic carbocycles. The number of carbonyl (C=O) groups is 1. The average Bonchev–Trinajstić information content (AvgIpc) is 3.34. The maximum atomic E-state index is 12.7. The molecule has 2 aliphatic rings. The Morgan fingerprint density at radius 1 is 0.974 bits per heavy atom. The summed E-state index contributed by atoms with van der Waals surface area (Å²) in [5.41, 5.74) is 3.29. The molecule has 0 saturated carbocycles. The summed E-state index contributed by atoms with van der Waals surface area (Å²) in [7, 11) is 0. The Bertz CT molecular complexity index is 1330. The summed E-state index contributed by atoms with van der Waals surface area (Å²) in [5.74, 6) is 1.67. The third-order valence-electron chi connectivity index (χ3n) is 6.00. The van der Waals surface area contributed by atoms with Crippen molar-refractivity contribution in [2.75, 3.05) is 33.0 Å². The normalized spacial score (nSPS) is 15.9. The molecule has 0 spiro atoms. The minimum Gasteiger partial charge on any atom is -0.491 e. The van der Waals surface area contributed by atoms with E-state index in [4.69, 9.17) is 24.4 Å². The Hall–Kier alpha value is -3.63. The summed E-state index contributed by atoms with van der Waals surface area (Å²) in [5, 5.41) is 15.7. The van der Waals surface area contributed by atoms with Crippen LogP contribution in [0.15, 0.2) is 52.1 Å². The molecule has 0 fully saturated rings. The van der Waals surface area contributed by atoms with Crippen molar-refractivity contribution in [3.8, 4) is 17.2 Å². The van der Waals surface area contributed by atoms with Crippen LogP contribution in [0.4, 0.5) is 0 Å². The number of ether oxygens (including phenoxy) is 4. The van der Waals surface area contributed by atoms with Crippen LogP contribution >= 0.6 is 11.8 Å². The number of amides is 1. The van der Waals surface area contributed by atoms with Gasteiger partial charge in [0.15, 0.2) is 17.3 Å². The first-order valence-corrected chi connectivity index (χ1v) is 13.8. The molecule has 1 amide bonds. The van der Waals surface area contributed by atoms with Crippen LogP contribution in [-0.2, 0) is 9.53 Å². The molecule has 0 bridgehead atoms. The van der Waals surface area contributed by atoms with Crippen molar-refractivity contribution < 1.29 is 23.7 Å². The fraction of sp³-hybridized carbons (Fsp3) is 0.379. The van der Waals surface area contributed by atoms with Crippen molar-refractivity contribution in [2.24, 2.45) is 16.0 Å². The lowest BCUT2D eigenvalue weighted by Gasteiger charge is -2.20. The number of thioether (sulfide) groups is 1. The summed E-state index contributed by atoms with van der Waals surface area (Å²) in [6, 6.07) is 11.4. The number of hydrogen-bond acceptors (Lipinski definition) is 8. The second kappa shape index (κ2) is 12.9. The van der Waals surface area contributed by atoms with Crippen LogP contribution in [0, 0.1) is 25.2 Å². The highest BCUT2D eigenvalue weighted by molar-refractivity contribution is 8.27. The van der Waals surface area contributed by atoms with Crippen LogP contribution in [0.25, 0.3) is 6.08 Å². The van der Waals surface area contributed by atoms with Gasteiger partial charge in [0.2, 0.25) is 5.17 Å². The van der Waals surface area contributed by atoms with Crippen molar-refractivity contribution in [1.82, 2.24) is 5.01 Å². The Kier molecular flexibility index (Phi) is 9.42. The number of hydrogen-bond donors (Lipinski definition) is 1. The number of benzene rings is 2. The number of amidine groups is 2. The second-order valence-corrected chi connectivity index (χ2v) is 10.3. The van der Waals surface area contributed by atoms with Crippen LogP contribution in [0.5, 0.6) is 17.2 Å². The van der Waals surface area contributed by atoms with Gasteiger partial charge in [-0.3, -0.25) is 10.2 Å². The number of nitrogens with one attached hydrogen (secondary N) is 1. The highest BCUT2D eigenvalue weighted by Crippen LogP contribution is 2.33. The SMILES string of the molecule is CCOc1cc(/C=C2/C(=N)N3N=C(C(C)C)SC3=NC2=O)ccc1OCCOCCOc1ccc(C)c(C)c1. The van der Waals surface area contributed by atoms with E-state index in [0.717, 1.165) is 10.8 Å². The number of rotatable bonds is 12. The quantitative estimate of drug-likeness (QED) is 0.277. The number of aryl methyl sites for hydroxylation is 2. The number of fused-ring (bicyclic) bond motifs is 1. The molecule has 206 valence electrons. The summed E-state index contributed by atoms with van der Waals surface area (Å²) in [4.78, 5) is 16.8. The van der Waals surface area contributed by atoms with Gasteiger partial charge in [0, 0.05) is 5.92 Å². The van der Waals surface area contributed by atoms with Gasteiger partial charge in [-0.2, -0.15) is 15.1 Å². The highest BCUT2D eigenvalue weighted by atomic mass is 32.2. The van der Waals surface area contributed by atoms with E-state index >= 15 is 0 Å². The van der Waals surface area contributed by atoms with Gasteiger partial charge in [0.25, 0.3) is 5.91 Å². The molecule has 0 saturated heterocycles. The van der Waals surface area contributed by atoms with E-state index in [1.54, 1.807) is 18.2 Å². The fourth-order valence-electron chi connectivity index (χ4n) is 3.74. The van der Waals surface area contributed by atoms with E-state index in [9.17, 15) is 4.79 Å². The maximum absolute atomic E-state index is 12.7. The predicted molar refractivity (Wildman–Crippen MR) is 155 cm³/mol. The molecule has 4 rings (SSSR count). The lowest BCUT2D eigenvalue weighted by atomic mass is 10.1. The first-order chi connectivity index (χ1) is 18.8. The molecule has 2 aromatic rings. The number of aliphatic imine (C=N–C) groups is 1. The zero-order valence-electron chi connectivity index (χ0n) is 22.9. The van der Waals surface area contributed by atoms with Crippen LogP contribution in [-0.4, -0.2) is 60.0 Å². The molecule has 0 aromatic heterocycles. The largest absolute Gasteiger partial charge is 0.491 e. The first kappa shape index (κ1) is 28.4. The van der Waals surface area contributed by atoms with E-state index in [-0.39, 0.29) is 17.3 Å². The average molecular weight is 551 g/mol. The van der Waals surface area contributed by atoms with Gasteiger partial charge in [-0.25, -0.2) is 0 Å². The zero-order valence-corrected chi connectivity index (χ0v) is 23.8. The maximum Gasteiger partial charge on any atom is 0.283 e. The van der Waals surface area contributed by atoms with Crippen molar-refractivity contribution >= 4 is 39.8 Å². The van der Waals surface area contributed by atoms with Gasteiger partial charge in [0.1, 0.15) is 24.0 Å². The highest BCUT2D eigenvalue weighted by Gasteiger charge is 2.36. The van der Waals surface area contributed by atoms with Gasteiger partial charge >= 0.3 is 0 Å². The van der Waals surface area contributed by atoms with E-state index in [0.29, 0.717) is 55.3 Å². The Morgan fingerprint density at radius 2 is 1.74 bits per heavy atom. The molecule has 1 N–H and O–H groups in total. The molecule has 0 aliphatic carbocycles. The van der Waals surface area contributed by atoms with Crippen molar-refractivity contribution in [1.29, 1.82) is 5.41 Å². The summed E-state index contributed by atoms with van der Waals surface area (Å²) >= 11 is 1.33. The van der Waals surface area contributed by atoms with Gasteiger partial charge in [-0.05, 0) is 79.6 Å². The Balaban J connectivity index is 1.32. The van der Waals surface area contributed by atoms with Crippen LogP contribution in [0.2, 0.25) is 0 Å². The number of hydrazone groups is 1. The topological polar surface area (TPSA) is 106 Å². The molecule has 2 aliphatic heterocycles. The number of nitrogens with zero attached hydrogens (tertiary/aromatic N) is 3. The Labute approximate surface area is 233 Å². The molecule has 10 heteroatoms. The van der Waals surface area contributed by atoms with E-state index < -0.39 is 5.91 Å². The summed E-state index contributed by atoms with van der Waals surface area (Å²) in [6.45, 7) is 12.1. The minimum absolute atomic E-state index is 0.00470. The molecule has 9 nitrogen and oxygen atoms in total. The molecule has 2 heterocycles. The van der Waals surface area contributed by atoms with Crippen molar-refractivity contribution in [2.45, 2.75) is 34.6 Å². The molecular formula is C29H34N4O5S. The standard InChI is InChI=1S/C29H34N4O5S/c1-6-36-25-17-21(16-23-26(30)33-29(31-27(23)34)39-28(32-33)18(2)3)8-10-24(25)38-14-12-35-11-13-37-22-9-7-19(4)20(5)15-22/h7-10,15-18,30H,6,11-14H2,1-5H3/b23-16-,30-26?. The summed E-state index contributed by atoms with van der Waals surface area (Å²) < 4.78 is 23.0. The lowest BCUT2D eigenvalue weighted by molar-refractivity contribution is -0.114. The van der Waals surface area contributed by atoms with Crippen molar-refractivity contribution in [3.05, 3.63) is 58.7 Å². The Morgan fingerprint density at radius 3 is 2.46 bits per heavy atom. The van der Waals surface area contributed by atoms with Crippen LogP contribution < -0.4 is 14.2 Å². The third-order valence-corrected chi connectivity index (χ3v) is 7.21. The van der Waals surface area contributed by atoms with Gasteiger partial charge in [-0.1, -0.05) is 26.0 Å². The third kappa shape index (κ3) is 7.07. The summed E-state index contributed by atoms with van der Waals surface area (Å²) in [6.07, 6.45) is 1.63. The zero-order chi connectivity index (χ0) is 27.9. The lowest BCUT2D eigenvalue weighted by Crippen LogP contribution is -2.35. The molecule has 0 unspecified atom stereocenters.